The maximum absolute atomic E-state index is 12.3. The Bertz CT molecular complexity index is 185. The Kier molecular flexibility index (Phi) is 2.44. The molecule has 0 radical (unpaired) electrons. The summed E-state index contributed by atoms with van der Waals surface area (Å²) in [5, 5.41) is 2.98. The number of halogens is 2. The van der Waals surface area contributed by atoms with E-state index in [2.05, 4.69) is 33.0 Å². The van der Waals surface area contributed by atoms with Gasteiger partial charge in [-0.15, -0.1) is 0 Å². The molecule has 1 unspecified atom stereocenters. The second-order valence-electron chi connectivity index (χ2n) is 5.17. The predicted octanol–water partition coefficient (Wildman–Crippen LogP) is 2.66. The van der Waals surface area contributed by atoms with Crippen molar-refractivity contribution >= 4 is 0 Å². The van der Waals surface area contributed by atoms with Crippen molar-refractivity contribution in [2.75, 3.05) is 0 Å². The third-order valence-corrected chi connectivity index (χ3v) is 3.83. The summed E-state index contributed by atoms with van der Waals surface area (Å²) < 4.78 is 24.5. The molecule has 1 atom stereocenters. The molecule has 0 aromatic rings. The van der Waals surface area contributed by atoms with Gasteiger partial charge in [-0.3, -0.25) is 0 Å². The lowest BCUT2D eigenvalue weighted by atomic mass is 10.0. The Morgan fingerprint density at radius 2 is 1.46 bits per heavy atom. The molecule has 13 heavy (non-hydrogen) atoms. The quantitative estimate of drug-likeness (QED) is 0.723. The zero-order chi connectivity index (χ0) is 10.4. The molecule has 1 aliphatic rings. The molecule has 78 valence electrons. The lowest BCUT2D eigenvalue weighted by Crippen LogP contribution is -2.37. The van der Waals surface area contributed by atoms with E-state index in [9.17, 15) is 8.78 Å². The second-order valence-corrected chi connectivity index (χ2v) is 5.17. The monoisotopic (exact) mass is 191 g/mol. The lowest BCUT2D eigenvalue weighted by Gasteiger charge is -2.13. The van der Waals surface area contributed by atoms with Gasteiger partial charge in [-0.2, -0.15) is 0 Å². The number of rotatable bonds is 3. The van der Waals surface area contributed by atoms with E-state index < -0.39 is 12.5 Å². The van der Waals surface area contributed by atoms with Gasteiger partial charge in [-0.25, -0.2) is 8.78 Å². The minimum absolute atomic E-state index is 0.135. The number of nitrogens with one attached hydrogen (secondary N) is 1. The zero-order valence-electron chi connectivity index (χ0n) is 8.99. The number of hydrogen-bond acceptors (Lipinski definition) is 1. The predicted molar refractivity (Wildman–Crippen MR) is 50.0 cm³/mol. The van der Waals surface area contributed by atoms with Crippen molar-refractivity contribution in [2.24, 2.45) is 10.8 Å². The van der Waals surface area contributed by atoms with Crippen LogP contribution in [-0.4, -0.2) is 18.5 Å². The molecule has 3 heteroatoms. The molecular weight excluding hydrogens is 172 g/mol. The summed E-state index contributed by atoms with van der Waals surface area (Å²) in [6.45, 7) is 9.99. The van der Waals surface area contributed by atoms with Crippen molar-refractivity contribution in [3.05, 3.63) is 0 Å². The molecule has 0 aliphatic heterocycles. The van der Waals surface area contributed by atoms with Crippen molar-refractivity contribution < 1.29 is 8.78 Å². The van der Waals surface area contributed by atoms with E-state index >= 15 is 0 Å². The SMILES string of the molecule is CC(NC1C(C)(C)C1(C)C)C(F)F. The Balaban J connectivity index is 2.51. The van der Waals surface area contributed by atoms with Crippen LogP contribution < -0.4 is 5.32 Å². The van der Waals surface area contributed by atoms with E-state index in [1.165, 1.54) is 6.92 Å². The third kappa shape index (κ3) is 1.58. The van der Waals surface area contributed by atoms with Crippen LogP contribution in [-0.2, 0) is 0 Å². The molecule has 1 nitrogen and oxygen atoms in total. The molecule has 0 spiro atoms. The van der Waals surface area contributed by atoms with Crippen molar-refractivity contribution in [3.63, 3.8) is 0 Å². The van der Waals surface area contributed by atoms with Gasteiger partial charge in [0.05, 0.1) is 6.04 Å². The van der Waals surface area contributed by atoms with Gasteiger partial charge >= 0.3 is 0 Å². The molecule has 1 aliphatic carbocycles. The van der Waals surface area contributed by atoms with Crippen LogP contribution in [0.3, 0.4) is 0 Å². The fourth-order valence-electron chi connectivity index (χ4n) is 1.95. The molecule has 0 heterocycles. The van der Waals surface area contributed by atoms with Crippen LogP contribution in [0.5, 0.6) is 0 Å². The van der Waals surface area contributed by atoms with E-state index in [0.717, 1.165) is 0 Å². The number of alkyl halides is 2. The Labute approximate surface area is 78.9 Å². The van der Waals surface area contributed by atoms with Gasteiger partial charge in [0.2, 0.25) is 0 Å². The van der Waals surface area contributed by atoms with E-state index in [1.807, 2.05) is 0 Å². The first kappa shape index (κ1) is 10.9. The molecule has 1 saturated carbocycles. The van der Waals surface area contributed by atoms with E-state index in [1.54, 1.807) is 0 Å². The van der Waals surface area contributed by atoms with E-state index in [0.29, 0.717) is 0 Å². The van der Waals surface area contributed by atoms with Crippen LogP contribution >= 0.6 is 0 Å². The summed E-state index contributed by atoms with van der Waals surface area (Å²) in [5.41, 5.74) is 0.270. The van der Waals surface area contributed by atoms with Crippen LogP contribution in [0.1, 0.15) is 34.6 Å². The summed E-state index contributed by atoms with van der Waals surface area (Å²) in [6.07, 6.45) is -2.27. The molecular formula is C10H19F2N. The Morgan fingerprint density at radius 3 is 1.69 bits per heavy atom. The first-order valence-electron chi connectivity index (χ1n) is 4.75. The van der Waals surface area contributed by atoms with Crippen LogP contribution in [0, 0.1) is 10.8 Å². The summed E-state index contributed by atoms with van der Waals surface area (Å²) in [6, 6.07) is -0.491. The third-order valence-electron chi connectivity index (χ3n) is 3.83. The van der Waals surface area contributed by atoms with E-state index in [-0.39, 0.29) is 16.9 Å². The first-order chi connectivity index (χ1) is 5.71. The average molecular weight is 191 g/mol. The fraction of sp³-hybridized carbons (Fsp3) is 1.00. The second kappa shape index (κ2) is 2.91. The van der Waals surface area contributed by atoms with Crippen molar-refractivity contribution in [1.29, 1.82) is 0 Å². The normalized spacial score (nSPS) is 27.7. The van der Waals surface area contributed by atoms with E-state index in [4.69, 9.17) is 0 Å². The zero-order valence-corrected chi connectivity index (χ0v) is 8.99. The van der Waals surface area contributed by atoms with Gasteiger partial charge < -0.3 is 5.32 Å². The van der Waals surface area contributed by atoms with Gasteiger partial charge in [0.25, 0.3) is 6.43 Å². The topological polar surface area (TPSA) is 12.0 Å². The summed E-state index contributed by atoms with van der Waals surface area (Å²) in [7, 11) is 0. The Morgan fingerprint density at radius 1 is 1.08 bits per heavy atom. The summed E-state index contributed by atoms with van der Waals surface area (Å²) in [5.74, 6) is 0. The minimum atomic E-state index is -2.27. The first-order valence-corrected chi connectivity index (χ1v) is 4.75. The highest BCUT2D eigenvalue weighted by Gasteiger charge is 2.65. The lowest BCUT2D eigenvalue weighted by molar-refractivity contribution is 0.103. The largest absolute Gasteiger partial charge is 0.305 e. The van der Waals surface area contributed by atoms with Crippen LogP contribution in [0.25, 0.3) is 0 Å². The smallest absolute Gasteiger partial charge is 0.253 e. The van der Waals surface area contributed by atoms with Crippen LogP contribution in [0.4, 0.5) is 8.78 Å². The summed E-state index contributed by atoms with van der Waals surface area (Å²) in [4.78, 5) is 0. The highest BCUT2D eigenvalue weighted by Crippen LogP contribution is 2.62. The molecule has 0 aromatic carbocycles. The van der Waals surface area contributed by atoms with Crippen molar-refractivity contribution in [1.82, 2.24) is 5.32 Å². The van der Waals surface area contributed by atoms with Crippen molar-refractivity contribution in [3.8, 4) is 0 Å². The maximum atomic E-state index is 12.3. The van der Waals surface area contributed by atoms with Gasteiger partial charge in [-0.05, 0) is 17.8 Å². The highest BCUT2D eigenvalue weighted by atomic mass is 19.3. The molecule has 0 saturated heterocycles. The van der Waals surface area contributed by atoms with Crippen LogP contribution in [0.15, 0.2) is 0 Å². The average Bonchev–Trinajstić information content (AvgIpc) is 2.32. The molecule has 1 rings (SSSR count). The van der Waals surface area contributed by atoms with Crippen LogP contribution in [0.2, 0.25) is 0 Å². The van der Waals surface area contributed by atoms with Gasteiger partial charge in [0.1, 0.15) is 0 Å². The van der Waals surface area contributed by atoms with Gasteiger partial charge in [-0.1, -0.05) is 27.7 Å². The molecule has 0 amide bonds. The molecule has 1 fully saturated rings. The Hall–Kier alpha value is -0.180. The molecule has 0 aromatic heterocycles. The fourth-order valence-corrected chi connectivity index (χ4v) is 1.95. The minimum Gasteiger partial charge on any atom is -0.305 e. The van der Waals surface area contributed by atoms with Crippen molar-refractivity contribution in [2.45, 2.75) is 53.1 Å². The van der Waals surface area contributed by atoms with Gasteiger partial charge in [0.15, 0.2) is 0 Å². The standard InChI is InChI=1S/C10H19F2N/c1-6(7(11)12)13-8-9(2,3)10(8,4)5/h6-8,13H,1-5H3. The maximum Gasteiger partial charge on any atom is 0.253 e. The molecule has 1 N–H and O–H groups in total. The van der Waals surface area contributed by atoms with Gasteiger partial charge in [0, 0.05) is 6.04 Å². The number of hydrogen-bond donors (Lipinski definition) is 1. The summed E-state index contributed by atoms with van der Waals surface area (Å²) >= 11 is 0. The molecule has 0 bridgehead atoms. The highest BCUT2D eigenvalue weighted by molar-refractivity contribution is 5.18.